The van der Waals surface area contributed by atoms with Crippen LogP contribution in [-0.2, 0) is 9.53 Å². The van der Waals surface area contributed by atoms with Gasteiger partial charge in [-0.2, -0.15) is 0 Å². The van der Waals surface area contributed by atoms with Gasteiger partial charge >= 0.3 is 0 Å². The maximum absolute atomic E-state index is 12.2. The number of para-hydroxylation sites is 2. The number of halogens is 2. The van der Waals surface area contributed by atoms with Crippen LogP contribution in [0, 0.1) is 0 Å². The molecule has 6 nitrogen and oxygen atoms in total. The highest BCUT2D eigenvalue weighted by Gasteiger charge is 2.21. The molecule has 2 aromatic carbocycles. The van der Waals surface area contributed by atoms with E-state index in [4.69, 9.17) is 4.74 Å². The molecule has 0 bridgehead atoms. The van der Waals surface area contributed by atoms with Crippen molar-refractivity contribution >= 4 is 47.4 Å². The summed E-state index contributed by atoms with van der Waals surface area (Å²) >= 11 is 0. The first-order chi connectivity index (χ1) is 11.8. The zero-order valence-corrected chi connectivity index (χ0v) is 15.6. The highest BCUT2D eigenvalue weighted by molar-refractivity contribution is 5.94. The Labute approximate surface area is 163 Å². The van der Waals surface area contributed by atoms with Crippen molar-refractivity contribution in [1.29, 1.82) is 0 Å². The summed E-state index contributed by atoms with van der Waals surface area (Å²) in [6, 6.07) is 15.7. The van der Waals surface area contributed by atoms with Gasteiger partial charge < -0.3 is 15.4 Å². The average Bonchev–Trinajstić information content (AvgIpc) is 3.07. The van der Waals surface area contributed by atoms with E-state index in [1.54, 1.807) is 6.33 Å². The number of aromatic nitrogens is 2. The number of carbonyl (C=O) groups is 1. The highest BCUT2D eigenvalue weighted by Crippen LogP contribution is 2.19. The van der Waals surface area contributed by atoms with Gasteiger partial charge in [-0.25, -0.2) is 4.98 Å². The third kappa shape index (κ3) is 4.16. The van der Waals surface area contributed by atoms with Crippen LogP contribution in [0.15, 0.2) is 54.9 Å². The van der Waals surface area contributed by atoms with Gasteiger partial charge in [0.05, 0.1) is 17.6 Å². The molecule has 1 saturated heterocycles. The topological polar surface area (TPSA) is 68.2 Å². The van der Waals surface area contributed by atoms with E-state index in [9.17, 15) is 4.79 Å². The lowest BCUT2D eigenvalue weighted by atomic mass is 10.2. The first kappa shape index (κ1) is 20.2. The molecule has 0 unspecified atom stereocenters. The van der Waals surface area contributed by atoms with E-state index in [0.29, 0.717) is 13.2 Å². The fourth-order valence-electron chi connectivity index (χ4n) is 2.83. The van der Waals surface area contributed by atoms with Crippen molar-refractivity contribution in [3.05, 3.63) is 54.9 Å². The number of amides is 1. The minimum atomic E-state index is -0.434. The van der Waals surface area contributed by atoms with Crippen molar-refractivity contribution in [2.24, 2.45) is 0 Å². The van der Waals surface area contributed by atoms with Crippen LogP contribution in [-0.4, -0.2) is 41.3 Å². The zero-order chi connectivity index (χ0) is 16.4. The van der Waals surface area contributed by atoms with Crippen molar-refractivity contribution in [3.63, 3.8) is 0 Å². The van der Waals surface area contributed by atoms with Crippen molar-refractivity contribution < 1.29 is 9.53 Å². The summed E-state index contributed by atoms with van der Waals surface area (Å²) in [5.41, 5.74) is 3.76. The number of imidazole rings is 1. The molecule has 1 atom stereocenters. The number of benzene rings is 2. The minimum Gasteiger partial charge on any atom is -0.366 e. The Kier molecular flexibility index (Phi) is 6.99. The summed E-state index contributed by atoms with van der Waals surface area (Å²) in [4.78, 5) is 16.6. The predicted octanol–water partition coefficient (Wildman–Crippen LogP) is 2.80. The first-order valence-corrected chi connectivity index (χ1v) is 7.97. The maximum Gasteiger partial charge on any atom is 0.254 e. The normalized spacial score (nSPS) is 16.4. The van der Waals surface area contributed by atoms with E-state index in [-0.39, 0.29) is 30.7 Å². The standard InChI is InChI=1S/C18H18N4O2.2ClH/c23-18(17-11-19-9-10-24-17)21-13-5-7-14(8-6-13)22-12-20-15-3-1-2-4-16(15)22;;/h1-8,12,17,19H,9-11H2,(H,21,23);2*1H/t17-;;/m1../s1. The summed E-state index contributed by atoms with van der Waals surface area (Å²) in [5.74, 6) is -0.122. The van der Waals surface area contributed by atoms with Crippen molar-refractivity contribution in [2.45, 2.75) is 6.10 Å². The lowest BCUT2D eigenvalue weighted by Crippen LogP contribution is -2.45. The van der Waals surface area contributed by atoms with E-state index in [2.05, 4.69) is 15.6 Å². The van der Waals surface area contributed by atoms with Crippen LogP contribution >= 0.6 is 24.8 Å². The van der Waals surface area contributed by atoms with Gasteiger partial charge in [0.15, 0.2) is 0 Å². The summed E-state index contributed by atoms with van der Waals surface area (Å²) in [6.07, 6.45) is 1.37. The Morgan fingerprint density at radius 1 is 1.15 bits per heavy atom. The van der Waals surface area contributed by atoms with Crippen LogP contribution in [0.3, 0.4) is 0 Å². The predicted molar refractivity (Wildman–Crippen MR) is 107 cm³/mol. The Balaban J connectivity index is 0.00000121. The van der Waals surface area contributed by atoms with Crippen molar-refractivity contribution in [2.75, 3.05) is 25.0 Å². The number of ether oxygens (including phenoxy) is 1. The van der Waals surface area contributed by atoms with Crippen LogP contribution < -0.4 is 10.6 Å². The lowest BCUT2D eigenvalue weighted by Gasteiger charge is -2.22. The van der Waals surface area contributed by atoms with Crippen LogP contribution in [0.4, 0.5) is 5.69 Å². The van der Waals surface area contributed by atoms with E-state index in [1.165, 1.54) is 0 Å². The molecule has 0 aliphatic carbocycles. The molecule has 1 fully saturated rings. The fourth-order valence-corrected chi connectivity index (χ4v) is 2.83. The van der Waals surface area contributed by atoms with Gasteiger partial charge in [-0.15, -0.1) is 24.8 Å². The number of nitrogens with zero attached hydrogens (tertiary/aromatic N) is 2. The van der Waals surface area contributed by atoms with Gasteiger partial charge in [0.2, 0.25) is 0 Å². The molecule has 1 aromatic heterocycles. The number of rotatable bonds is 3. The molecule has 4 rings (SSSR count). The molecule has 1 amide bonds. The minimum absolute atomic E-state index is 0. The number of anilines is 1. The second kappa shape index (κ2) is 9.00. The quantitative estimate of drug-likeness (QED) is 0.716. The van der Waals surface area contributed by atoms with Gasteiger partial charge in [0, 0.05) is 24.5 Å². The van der Waals surface area contributed by atoms with E-state index >= 15 is 0 Å². The largest absolute Gasteiger partial charge is 0.366 e. The molecule has 0 saturated carbocycles. The molecular formula is C18H20Cl2N4O2. The number of hydrogen-bond donors (Lipinski definition) is 2. The molecule has 26 heavy (non-hydrogen) atoms. The van der Waals surface area contributed by atoms with Crippen LogP contribution in [0.2, 0.25) is 0 Å². The third-order valence-electron chi connectivity index (χ3n) is 4.09. The van der Waals surface area contributed by atoms with Crippen molar-refractivity contribution in [3.8, 4) is 5.69 Å². The summed E-state index contributed by atoms with van der Waals surface area (Å²) in [7, 11) is 0. The third-order valence-corrected chi connectivity index (χ3v) is 4.09. The Morgan fingerprint density at radius 2 is 1.92 bits per heavy atom. The lowest BCUT2D eigenvalue weighted by molar-refractivity contribution is -0.128. The number of fused-ring (bicyclic) bond motifs is 1. The number of hydrogen-bond acceptors (Lipinski definition) is 4. The number of morpholine rings is 1. The van der Waals surface area contributed by atoms with Gasteiger partial charge in [-0.05, 0) is 36.4 Å². The molecule has 8 heteroatoms. The molecule has 2 N–H and O–H groups in total. The monoisotopic (exact) mass is 394 g/mol. The Morgan fingerprint density at radius 3 is 2.65 bits per heavy atom. The molecule has 2 heterocycles. The van der Waals surface area contributed by atoms with Crippen LogP contribution in [0.1, 0.15) is 0 Å². The van der Waals surface area contributed by atoms with Crippen LogP contribution in [0.5, 0.6) is 0 Å². The second-order valence-corrected chi connectivity index (χ2v) is 5.70. The Hall–Kier alpha value is -2.12. The summed E-state index contributed by atoms with van der Waals surface area (Å²) in [5, 5.41) is 6.04. The smallest absolute Gasteiger partial charge is 0.254 e. The molecule has 0 spiro atoms. The van der Waals surface area contributed by atoms with E-state index in [0.717, 1.165) is 29.0 Å². The SMILES string of the molecule is Cl.Cl.O=C(Nc1ccc(-n2cnc3ccccc32)cc1)[C@H]1CNCCO1. The molecule has 1 aliphatic rings. The Bertz CT molecular complexity index is 861. The highest BCUT2D eigenvalue weighted by atomic mass is 35.5. The number of nitrogens with one attached hydrogen (secondary N) is 2. The second-order valence-electron chi connectivity index (χ2n) is 5.70. The maximum atomic E-state index is 12.2. The average molecular weight is 395 g/mol. The van der Waals surface area contributed by atoms with Gasteiger partial charge in [0.25, 0.3) is 5.91 Å². The molecule has 0 radical (unpaired) electrons. The van der Waals surface area contributed by atoms with E-state index < -0.39 is 6.10 Å². The van der Waals surface area contributed by atoms with Gasteiger partial charge in [-0.1, -0.05) is 12.1 Å². The summed E-state index contributed by atoms with van der Waals surface area (Å²) in [6.45, 7) is 1.90. The van der Waals surface area contributed by atoms with Gasteiger partial charge in [-0.3, -0.25) is 9.36 Å². The molecule has 3 aromatic rings. The molecular weight excluding hydrogens is 375 g/mol. The van der Waals surface area contributed by atoms with Gasteiger partial charge in [0.1, 0.15) is 12.4 Å². The number of carbonyl (C=O) groups excluding carboxylic acids is 1. The zero-order valence-electron chi connectivity index (χ0n) is 13.9. The molecule has 1 aliphatic heterocycles. The van der Waals surface area contributed by atoms with Crippen molar-refractivity contribution in [1.82, 2.24) is 14.9 Å². The van der Waals surface area contributed by atoms with E-state index in [1.807, 2.05) is 53.1 Å². The first-order valence-electron chi connectivity index (χ1n) is 7.97. The molecule has 138 valence electrons. The summed E-state index contributed by atoms with van der Waals surface area (Å²) < 4.78 is 7.48. The fraction of sp³-hybridized carbons (Fsp3) is 0.222. The van der Waals surface area contributed by atoms with Crippen LogP contribution in [0.25, 0.3) is 16.7 Å².